The zero-order chi connectivity index (χ0) is 10.8. The van der Waals surface area contributed by atoms with Gasteiger partial charge in [-0.2, -0.15) is 0 Å². The molecule has 0 unspecified atom stereocenters. The fourth-order valence-electron chi connectivity index (χ4n) is 1.69. The van der Waals surface area contributed by atoms with Crippen LogP contribution >= 0.6 is 15.9 Å². The van der Waals surface area contributed by atoms with E-state index in [1.165, 1.54) is 0 Å². The number of hydrogen-bond acceptors (Lipinski definition) is 4. The molecule has 82 valence electrons. The molecule has 4 nitrogen and oxygen atoms in total. The molecule has 0 bridgehead atoms. The second-order valence-corrected chi connectivity index (χ2v) is 4.83. The Morgan fingerprint density at radius 2 is 2.33 bits per heavy atom. The number of aliphatic hydroxyl groups excluding tert-OH is 1. The lowest BCUT2D eigenvalue weighted by Gasteiger charge is -2.31. The van der Waals surface area contributed by atoms with Crippen molar-refractivity contribution in [3.05, 3.63) is 16.7 Å². The summed E-state index contributed by atoms with van der Waals surface area (Å²) >= 11 is 3.39. The van der Waals surface area contributed by atoms with E-state index >= 15 is 0 Å². The third-order valence-corrected chi connectivity index (χ3v) is 3.24. The Morgan fingerprint density at radius 3 is 2.93 bits per heavy atom. The SMILES string of the molecule is Nc1cnc(NCC2CC(O)C2)c(Br)c1. The number of nitrogens with two attached hydrogens (primary N) is 1. The molecule has 1 heterocycles. The van der Waals surface area contributed by atoms with Crippen molar-refractivity contribution in [2.24, 2.45) is 5.92 Å². The first-order chi connectivity index (χ1) is 7.15. The lowest BCUT2D eigenvalue weighted by Crippen LogP contribution is -2.33. The van der Waals surface area contributed by atoms with Gasteiger partial charge in [0, 0.05) is 6.54 Å². The maximum Gasteiger partial charge on any atom is 0.140 e. The minimum Gasteiger partial charge on any atom is -0.397 e. The molecule has 1 aliphatic carbocycles. The summed E-state index contributed by atoms with van der Waals surface area (Å²) in [4.78, 5) is 4.18. The largest absolute Gasteiger partial charge is 0.397 e. The Labute approximate surface area is 97.0 Å². The summed E-state index contributed by atoms with van der Waals surface area (Å²) in [6.07, 6.45) is 3.31. The molecule has 0 aliphatic heterocycles. The van der Waals surface area contributed by atoms with E-state index in [0.717, 1.165) is 29.7 Å². The van der Waals surface area contributed by atoms with Gasteiger partial charge in [-0.15, -0.1) is 0 Å². The van der Waals surface area contributed by atoms with Crippen LogP contribution in [0.1, 0.15) is 12.8 Å². The van der Waals surface area contributed by atoms with Crippen molar-refractivity contribution in [1.82, 2.24) is 4.98 Å². The summed E-state index contributed by atoms with van der Waals surface area (Å²) in [5, 5.41) is 12.4. The van der Waals surface area contributed by atoms with Crippen molar-refractivity contribution in [1.29, 1.82) is 0 Å². The number of rotatable bonds is 3. The average molecular weight is 272 g/mol. The van der Waals surface area contributed by atoms with Crippen LogP contribution in [-0.4, -0.2) is 22.7 Å². The van der Waals surface area contributed by atoms with E-state index in [2.05, 4.69) is 26.2 Å². The lowest BCUT2D eigenvalue weighted by atomic mass is 9.82. The summed E-state index contributed by atoms with van der Waals surface area (Å²) < 4.78 is 0.877. The number of hydrogen-bond donors (Lipinski definition) is 3. The van der Waals surface area contributed by atoms with Crippen molar-refractivity contribution in [2.45, 2.75) is 18.9 Å². The van der Waals surface area contributed by atoms with Crippen LogP contribution in [0.25, 0.3) is 0 Å². The first kappa shape index (κ1) is 10.7. The molecule has 0 aromatic carbocycles. The molecule has 1 saturated carbocycles. The molecule has 1 aliphatic rings. The van der Waals surface area contributed by atoms with Crippen LogP contribution in [0.15, 0.2) is 16.7 Å². The van der Waals surface area contributed by atoms with Gasteiger partial charge in [0.15, 0.2) is 0 Å². The van der Waals surface area contributed by atoms with Crippen LogP contribution in [-0.2, 0) is 0 Å². The van der Waals surface area contributed by atoms with E-state index in [-0.39, 0.29) is 6.10 Å². The number of aromatic nitrogens is 1. The highest BCUT2D eigenvalue weighted by atomic mass is 79.9. The van der Waals surface area contributed by atoms with Gasteiger partial charge in [-0.25, -0.2) is 4.98 Å². The van der Waals surface area contributed by atoms with Gasteiger partial charge in [0.2, 0.25) is 0 Å². The van der Waals surface area contributed by atoms with Crippen LogP contribution in [0, 0.1) is 5.92 Å². The monoisotopic (exact) mass is 271 g/mol. The molecule has 0 atom stereocenters. The summed E-state index contributed by atoms with van der Waals surface area (Å²) in [6, 6.07) is 1.82. The number of nitrogen functional groups attached to an aromatic ring is 1. The van der Waals surface area contributed by atoms with Gasteiger partial charge in [0.1, 0.15) is 5.82 Å². The molecule has 1 aromatic heterocycles. The second kappa shape index (κ2) is 4.37. The number of halogens is 1. The van der Waals surface area contributed by atoms with E-state index in [1.54, 1.807) is 6.20 Å². The summed E-state index contributed by atoms with van der Waals surface area (Å²) in [7, 11) is 0. The third kappa shape index (κ3) is 2.60. The summed E-state index contributed by atoms with van der Waals surface area (Å²) in [5.74, 6) is 1.37. The summed E-state index contributed by atoms with van der Waals surface area (Å²) in [6.45, 7) is 0.854. The quantitative estimate of drug-likeness (QED) is 0.781. The van der Waals surface area contributed by atoms with Gasteiger partial charge < -0.3 is 16.2 Å². The van der Waals surface area contributed by atoms with Crippen LogP contribution in [0.2, 0.25) is 0 Å². The van der Waals surface area contributed by atoms with Crippen LogP contribution < -0.4 is 11.1 Å². The van der Waals surface area contributed by atoms with Gasteiger partial charge in [-0.05, 0) is 40.8 Å². The second-order valence-electron chi connectivity index (χ2n) is 3.97. The predicted molar refractivity (Wildman–Crippen MR) is 63.6 cm³/mol. The van der Waals surface area contributed by atoms with Crippen molar-refractivity contribution in [3.63, 3.8) is 0 Å². The van der Waals surface area contributed by atoms with E-state index < -0.39 is 0 Å². The van der Waals surface area contributed by atoms with E-state index in [0.29, 0.717) is 11.6 Å². The first-order valence-corrected chi connectivity index (χ1v) is 5.77. The van der Waals surface area contributed by atoms with Crippen molar-refractivity contribution < 1.29 is 5.11 Å². The number of nitrogens with one attached hydrogen (secondary N) is 1. The molecule has 4 N–H and O–H groups in total. The minimum absolute atomic E-state index is 0.0976. The highest BCUT2D eigenvalue weighted by Gasteiger charge is 2.26. The van der Waals surface area contributed by atoms with Gasteiger partial charge >= 0.3 is 0 Å². The topological polar surface area (TPSA) is 71.2 Å². The molecule has 5 heteroatoms. The van der Waals surface area contributed by atoms with Crippen LogP contribution in [0.4, 0.5) is 11.5 Å². The Bertz CT molecular complexity index is 353. The number of pyridine rings is 1. The number of aliphatic hydroxyl groups is 1. The Kier molecular flexibility index (Phi) is 3.11. The number of anilines is 2. The average Bonchev–Trinajstić information content (AvgIpc) is 2.13. The molecule has 0 spiro atoms. The van der Waals surface area contributed by atoms with Gasteiger partial charge in [-0.3, -0.25) is 0 Å². The van der Waals surface area contributed by atoms with Crippen molar-refractivity contribution in [2.75, 3.05) is 17.6 Å². The molecule has 1 aromatic rings. The van der Waals surface area contributed by atoms with Crippen LogP contribution in [0.3, 0.4) is 0 Å². The smallest absolute Gasteiger partial charge is 0.140 e. The Balaban J connectivity index is 1.88. The molecule has 0 radical (unpaired) electrons. The molecule has 0 amide bonds. The zero-order valence-electron chi connectivity index (χ0n) is 8.28. The van der Waals surface area contributed by atoms with Crippen molar-refractivity contribution >= 4 is 27.4 Å². The van der Waals surface area contributed by atoms with Gasteiger partial charge in [0.05, 0.1) is 22.5 Å². The maximum atomic E-state index is 9.14. The normalized spacial score (nSPS) is 24.7. The fourth-order valence-corrected chi connectivity index (χ4v) is 2.20. The molecule has 0 saturated heterocycles. The summed E-state index contributed by atoms with van der Waals surface area (Å²) in [5.41, 5.74) is 6.23. The Hall–Kier alpha value is -0.810. The number of nitrogens with zero attached hydrogens (tertiary/aromatic N) is 1. The van der Waals surface area contributed by atoms with E-state index in [1.807, 2.05) is 6.07 Å². The zero-order valence-corrected chi connectivity index (χ0v) is 9.87. The van der Waals surface area contributed by atoms with Crippen LogP contribution in [0.5, 0.6) is 0 Å². The van der Waals surface area contributed by atoms with Gasteiger partial charge in [0.25, 0.3) is 0 Å². The fraction of sp³-hybridized carbons (Fsp3) is 0.500. The van der Waals surface area contributed by atoms with Gasteiger partial charge in [-0.1, -0.05) is 0 Å². The molecular formula is C10H14BrN3O. The first-order valence-electron chi connectivity index (χ1n) is 4.98. The highest BCUT2D eigenvalue weighted by Crippen LogP contribution is 2.28. The highest BCUT2D eigenvalue weighted by molar-refractivity contribution is 9.10. The molecule has 1 fully saturated rings. The third-order valence-electron chi connectivity index (χ3n) is 2.63. The lowest BCUT2D eigenvalue weighted by molar-refractivity contribution is 0.0486. The Morgan fingerprint density at radius 1 is 1.60 bits per heavy atom. The molecule has 2 rings (SSSR count). The minimum atomic E-state index is -0.0976. The van der Waals surface area contributed by atoms with E-state index in [4.69, 9.17) is 10.8 Å². The standard InChI is InChI=1S/C10H14BrN3O/c11-9-3-7(12)5-14-10(9)13-4-6-1-8(15)2-6/h3,5-6,8,15H,1-2,4,12H2,(H,13,14). The van der Waals surface area contributed by atoms with Crippen molar-refractivity contribution in [3.8, 4) is 0 Å². The maximum absolute atomic E-state index is 9.14. The van der Waals surface area contributed by atoms with E-state index in [9.17, 15) is 0 Å². The predicted octanol–water partition coefficient (Wildman–Crippen LogP) is 1.61. The molecule has 15 heavy (non-hydrogen) atoms. The molecular weight excluding hydrogens is 258 g/mol.